The molecule has 0 aliphatic carbocycles. The predicted molar refractivity (Wildman–Crippen MR) is 78.2 cm³/mol. The number of nitrogens with one attached hydrogen (secondary N) is 1. The van der Waals surface area contributed by atoms with E-state index in [1.807, 2.05) is 0 Å². The molecule has 0 aliphatic heterocycles. The molecule has 0 unspecified atom stereocenters. The molecule has 106 valence electrons. The monoisotopic (exact) mass is 263 g/mol. The average molecular weight is 263 g/mol. The number of carbonyl (C=O) groups is 1. The molecule has 0 aromatic heterocycles. The molecule has 0 atom stereocenters. The van der Waals surface area contributed by atoms with Gasteiger partial charge in [-0.2, -0.15) is 0 Å². The highest BCUT2D eigenvalue weighted by Crippen LogP contribution is 2.22. The van der Waals surface area contributed by atoms with Gasteiger partial charge in [-0.15, -0.1) is 0 Å². The van der Waals surface area contributed by atoms with Crippen LogP contribution in [0.15, 0.2) is 24.3 Å². The summed E-state index contributed by atoms with van der Waals surface area (Å²) in [7, 11) is 0. The Hall–Kier alpha value is -1.35. The van der Waals surface area contributed by atoms with Gasteiger partial charge in [-0.3, -0.25) is 4.79 Å². The van der Waals surface area contributed by atoms with Crippen molar-refractivity contribution in [2.45, 2.75) is 45.4 Å². The van der Waals surface area contributed by atoms with E-state index in [4.69, 9.17) is 5.11 Å². The number of amides is 1. The van der Waals surface area contributed by atoms with Crippen molar-refractivity contribution in [1.82, 2.24) is 5.32 Å². The van der Waals surface area contributed by atoms with E-state index in [9.17, 15) is 4.79 Å². The maximum atomic E-state index is 11.5. The second kappa shape index (κ2) is 7.29. The predicted octanol–water partition coefficient (Wildman–Crippen LogP) is 2.42. The first-order chi connectivity index (χ1) is 8.93. The van der Waals surface area contributed by atoms with Crippen molar-refractivity contribution >= 4 is 5.91 Å². The summed E-state index contributed by atoms with van der Waals surface area (Å²) < 4.78 is 0. The number of benzene rings is 1. The Morgan fingerprint density at radius 2 is 1.84 bits per heavy atom. The summed E-state index contributed by atoms with van der Waals surface area (Å²) >= 11 is 0. The van der Waals surface area contributed by atoms with Crippen LogP contribution >= 0.6 is 0 Å². The molecule has 0 fully saturated rings. The maximum absolute atomic E-state index is 11.5. The molecule has 0 aliphatic rings. The van der Waals surface area contributed by atoms with Gasteiger partial charge < -0.3 is 10.4 Å². The van der Waals surface area contributed by atoms with Crippen LogP contribution in [0.25, 0.3) is 0 Å². The summed E-state index contributed by atoms with van der Waals surface area (Å²) in [6.07, 6.45) is 1.88. The number of aryl methyl sites for hydroxylation is 1. The van der Waals surface area contributed by atoms with Crippen molar-refractivity contribution in [3.8, 4) is 0 Å². The molecule has 3 heteroatoms. The lowest BCUT2D eigenvalue weighted by atomic mass is 9.86. The van der Waals surface area contributed by atoms with Crippen LogP contribution in [0.5, 0.6) is 0 Å². The Bertz CT molecular complexity index is 390. The molecule has 0 heterocycles. The zero-order valence-corrected chi connectivity index (χ0v) is 12.2. The van der Waals surface area contributed by atoms with E-state index in [2.05, 4.69) is 50.4 Å². The maximum Gasteiger partial charge on any atom is 0.220 e. The molecule has 0 bridgehead atoms. The van der Waals surface area contributed by atoms with Crippen LogP contribution in [-0.2, 0) is 16.6 Å². The normalized spacial score (nSPS) is 11.4. The molecule has 1 rings (SSSR count). The molecule has 1 aromatic carbocycles. The quantitative estimate of drug-likeness (QED) is 0.774. The molecule has 1 amide bonds. The Morgan fingerprint density at radius 1 is 1.21 bits per heavy atom. The Labute approximate surface area is 116 Å². The Kier molecular flexibility index (Phi) is 6.03. The molecule has 0 radical (unpaired) electrons. The topological polar surface area (TPSA) is 49.3 Å². The third kappa shape index (κ3) is 5.88. The van der Waals surface area contributed by atoms with E-state index < -0.39 is 0 Å². The average Bonchev–Trinajstić information content (AvgIpc) is 2.36. The van der Waals surface area contributed by atoms with Gasteiger partial charge in [0.1, 0.15) is 0 Å². The number of carbonyl (C=O) groups excluding carboxylic acids is 1. The molecular weight excluding hydrogens is 238 g/mol. The SMILES string of the molecule is CC(C)(C)c1ccc(CCC(=O)NCCCO)cc1. The number of aliphatic hydroxyl groups is 1. The van der Waals surface area contributed by atoms with Crippen molar-refractivity contribution in [2.24, 2.45) is 0 Å². The van der Waals surface area contributed by atoms with Crippen molar-refractivity contribution in [3.05, 3.63) is 35.4 Å². The van der Waals surface area contributed by atoms with Gasteiger partial charge in [-0.25, -0.2) is 0 Å². The minimum absolute atomic E-state index is 0.0494. The van der Waals surface area contributed by atoms with Crippen LogP contribution in [0, 0.1) is 0 Å². The lowest BCUT2D eigenvalue weighted by Crippen LogP contribution is -2.25. The second-order valence-electron chi connectivity index (χ2n) is 5.87. The largest absolute Gasteiger partial charge is 0.396 e. The first-order valence-electron chi connectivity index (χ1n) is 6.90. The molecule has 19 heavy (non-hydrogen) atoms. The van der Waals surface area contributed by atoms with Crippen molar-refractivity contribution in [3.63, 3.8) is 0 Å². The smallest absolute Gasteiger partial charge is 0.220 e. The van der Waals surface area contributed by atoms with Gasteiger partial charge in [-0.1, -0.05) is 45.0 Å². The van der Waals surface area contributed by atoms with Gasteiger partial charge in [0.2, 0.25) is 5.91 Å². The number of hydrogen-bond donors (Lipinski definition) is 2. The third-order valence-electron chi connectivity index (χ3n) is 3.12. The first-order valence-corrected chi connectivity index (χ1v) is 6.90. The highest BCUT2D eigenvalue weighted by molar-refractivity contribution is 5.76. The van der Waals surface area contributed by atoms with E-state index in [1.54, 1.807) is 0 Å². The fourth-order valence-corrected chi connectivity index (χ4v) is 1.82. The lowest BCUT2D eigenvalue weighted by Gasteiger charge is -2.19. The third-order valence-corrected chi connectivity index (χ3v) is 3.12. The summed E-state index contributed by atoms with van der Waals surface area (Å²) in [6.45, 7) is 7.25. The van der Waals surface area contributed by atoms with Crippen molar-refractivity contribution in [2.75, 3.05) is 13.2 Å². The van der Waals surface area contributed by atoms with Crippen LogP contribution < -0.4 is 5.32 Å². The first kappa shape index (κ1) is 15.7. The summed E-state index contributed by atoms with van der Waals surface area (Å²) in [5.41, 5.74) is 2.66. The molecular formula is C16H25NO2. The van der Waals surface area contributed by atoms with Crippen LogP contribution in [0.1, 0.15) is 44.7 Å². The standard InChI is InChI=1S/C16H25NO2/c1-16(2,3)14-8-5-13(6-9-14)7-10-15(19)17-11-4-12-18/h5-6,8-9,18H,4,7,10-12H2,1-3H3,(H,17,19). The van der Waals surface area contributed by atoms with Crippen LogP contribution in [-0.4, -0.2) is 24.2 Å². The number of rotatable bonds is 6. The summed E-state index contributed by atoms with van der Waals surface area (Å²) in [4.78, 5) is 11.5. The second-order valence-corrected chi connectivity index (χ2v) is 5.87. The van der Waals surface area contributed by atoms with Crippen LogP contribution in [0.4, 0.5) is 0 Å². The van der Waals surface area contributed by atoms with E-state index in [0.29, 0.717) is 19.4 Å². The summed E-state index contributed by atoms with van der Waals surface area (Å²) in [6, 6.07) is 8.47. The van der Waals surface area contributed by atoms with Crippen molar-refractivity contribution in [1.29, 1.82) is 0 Å². The molecule has 0 spiro atoms. The fourth-order valence-electron chi connectivity index (χ4n) is 1.82. The Morgan fingerprint density at radius 3 is 2.37 bits per heavy atom. The summed E-state index contributed by atoms with van der Waals surface area (Å²) in [5, 5.41) is 11.4. The van der Waals surface area contributed by atoms with Gasteiger partial charge in [0.05, 0.1) is 0 Å². The van der Waals surface area contributed by atoms with Gasteiger partial charge in [-0.05, 0) is 29.4 Å². The molecule has 1 aromatic rings. The molecule has 0 saturated heterocycles. The van der Waals surface area contributed by atoms with Crippen LogP contribution in [0.2, 0.25) is 0 Å². The Balaban J connectivity index is 2.40. The zero-order valence-electron chi connectivity index (χ0n) is 12.2. The van der Waals surface area contributed by atoms with E-state index in [0.717, 1.165) is 6.42 Å². The number of hydrogen-bond acceptors (Lipinski definition) is 2. The molecule has 2 N–H and O–H groups in total. The van der Waals surface area contributed by atoms with Gasteiger partial charge in [0.15, 0.2) is 0 Å². The zero-order chi connectivity index (χ0) is 14.3. The summed E-state index contributed by atoms with van der Waals surface area (Å²) in [5.74, 6) is 0.0494. The van der Waals surface area contributed by atoms with E-state index in [-0.39, 0.29) is 17.9 Å². The van der Waals surface area contributed by atoms with Gasteiger partial charge in [0.25, 0.3) is 0 Å². The molecule has 0 saturated carbocycles. The molecule has 3 nitrogen and oxygen atoms in total. The highest BCUT2D eigenvalue weighted by atomic mass is 16.3. The number of aliphatic hydroxyl groups excluding tert-OH is 1. The van der Waals surface area contributed by atoms with Gasteiger partial charge >= 0.3 is 0 Å². The lowest BCUT2D eigenvalue weighted by molar-refractivity contribution is -0.121. The minimum atomic E-state index is 0.0494. The van der Waals surface area contributed by atoms with Crippen molar-refractivity contribution < 1.29 is 9.90 Å². The fraction of sp³-hybridized carbons (Fsp3) is 0.562. The van der Waals surface area contributed by atoms with Gasteiger partial charge in [0, 0.05) is 19.6 Å². The van der Waals surface area contributed by atoms with Crippen LogP contribution in [0.3, 0.4) is 0 Å². The van der Waals surface area contributed by atoms with E-state index in [1.165, 1.54) is 11.1 Å². The highest BCUT2D eigenvalue weighted by Gasteiger charge is 2.12. The minimum Gasteiger partial charge on any atom is -0.396 e. The van der Waals surface area contributed by atoms with E-state index >= 15 is 0 Å².